The number of cyclic esters (lactones) is 2. The largest absolute Gasteiger partial charge is 0.504 e. The summed E-state index contributed by atoms with van der Waals surface area (Å²) in [6.07, 6.45) is 1.30. The Balaban J connectivity index is 2.45. The van der Waals surface area contributed by atoms with Crippen LogP contribution in [0.4, 0.5) is 0 Å². The molecule has 22 heavy (non-hydrogen) atoms. The summed E-state index contributed by atoms with van der Waals surface area (Å²) >= 11 is 5.75. The summed E-state index contributed by atoms with van der Waals surface area (Å²) in [5.74, 6) is -2.71. The number of methoxy groups -OCH3 is 1. The maximum atomic E-state index is 11.9. The number of hydrogen-bond acceptors (Lipinski definition) is 6. The first kappa shape index (κ1) is 16.2. The normalized spacial score (nSPS) is 16.8. The number of phenolic OH excluding ortho intramolecular Hbond substituents is 1. The molecule has 118 valence electrons. The summed E-state index contributed by atoms with van der Waals surface area (Å²) in [4.78, 5) is 23.8. The molecule has 1 fully saturated rings. The third-order valence-electron chi connectivity index (χ3n) is 2.97. The van der Waals surface area contributed by atoms with Gasteiger partial charge in [0, 0.05) is 19.4 Å². The van der Waals surface area contributed by atoms with Gasteiger partial charge in [0.05, 0.1) is 13.0 Å². The first-order valence-corrected chi connectivity index (χ1v) is 6.95. The minimum atomic E-state index is -1.29. The van der Waals surface area contributed by atoms with E-state index >= 15 is 0 Å². The van der Waals surface area contributed by atoms with Crippen LogP contribution in [0.25, 0.3) is 6.08 Å². The Hall–Kier alpha value is -2.21. The molecule has 0 aliphatic carbocycles. The first-order chi connectivity index (χ1) is 10.3. The van der Waals surface area contributed by atoms with Gasteiger partial charge in [-0.3, -0.25) is 0 Å². The molecule has 0 aromatic heterocycles. The lowest BCUT2D eigenvalue weighted by molar-refractivity contribution is -0.222. The van der Waals surface area contributed by atoms with Gasteiger partial charge in [-0.25, -0.2) is 9.59 Å². The lowest BCUT2D eigenvalue weighted by Gasteiger charge is -2.29. The van der Waals surface area contributed by atoms with Crippen LogP contribution in [-0.2, 0) is 24.9 Å². The van der Waals surface area contributed by atoms with Gasteiger partial charge in [0.25, 0.3) is 5.79 Å². The lowest BCUT2D eigenvalue weighted by atomic mass is 10.1. The molecule has 1 aliphatic heterocycles. The molecule has 0 saturated carbocycles. The van der Waals surface area contributed by atoms with Crippen molar-refractivity contribution >= 4 is 29.6 Å². The second-order valence-corrected chi connectivity index (χ2v) is 5.37. The molecule has 1 saturated heterocycles. The maximum Gasteiger partial charge on any atom is 0.348 e. The first-order valence-electron chi connectivity index (χ1n) is 6.41. The van der Waals surface area contributed by atoms with Crippen molar-refractivity contribution in [2.24, 2.45) is 0 Å². The molecule has 1 aromatic carbocycles. The zero-order valence-corrected chi connectivity index (χ0v) is 13.1. The maximum absolute atomic E-state index is 11.9. The monoisotopic (exact) mass is 326 g/mol. The summed E-state index contributed by atoms with van der Waals surface area (Å²) in [5.41, 5.74) is 0.618. The lowest BCUT2D eigenvalue weighted by Crippen LogP contribution is -2.41. The summed E-state index contributed by atoms with van der Waals surface area (Å²) in [5, 5.41) is 9.88. The Morgan fingerprint density at radius 2 is 1.86 bits per heavy atom. The highest BCUT2D eigenvalue weighted by atomic mass is 35.5. The van der Waals surface area contributed by atoms with E-state index in [-0.39, 0.29) is 23.0 Å². The van der Waals surface area contributed by atoms with Crippen molar-refractivity contribution in [3.8, 4) is 11.5 Å². The molecule has 0 spiro atoms. The van der Waals surface area contributed by atoms with E-state index in [0.717, 1.165) is 0 Å². The molecule has 0 atom stereocenters. The Labute approximate surface area is 132 Å². The zero-order chi connectivity index (χ0) is 16.5. The SMILES string of the molecule is COc1cc(C=C2C(=O)OC(C)(C)OC2=O)cc(CCl)c1O. The van der Waals surface area contributed by atoms with Crippen molar-refractivity contribution in [1.82, 2.24) is 0 Å². The van der Waals surface area contributed by atoms with E-state index in [1.807, 2.05) is 0 Å². The predicted molar refractivity (Wildman–Crippen MR) is 78.5 cm³/mol. The third kappa shape index (κ3) is 3.17. The van der Waals surface area contributed by atoms with Crippen LogP contribution in [-0.4, -0.2) is 29.9 Å². The molecule has 0 unspecified atom stereocenters. The molecule has 0 bridgehead atoms. The number of carbonyl (C=O) groups excluding carboxylic acids is 2. The van der Waals surface area contributed by atoms with E-state index in [0.29, 0.717) is 11.1 Å². The minimum Gasteiger partial charge on any atom is -0.504 e. The van der Waals surface area contributed by atoms with E-state index in [2.05, 4.69) is 0 Å². The molecule has 0 radical (unpaired) electrons. The number of phenols is 1. The molecule has 1 aliphatic rings. The smallest absolute Gasteiger partial charge is 0.348 e. The van der Waals surface area contributed by atoms with Gasteiger partial charge in [0.1, 0.15) is 5.57 Å². The average Bonchev–Trinajstić information content (AvgIpc) is 2.43. The Morgan fingerprint density at radius 3 is 2.36 bits per heavy atom. The van der Waals surface area contributed by atoms with Crippen LogP contribution in [0.15, 0.2) is 17.7 Å². The predicted octanol–water partition coefficient (Wildman–Crippen LogP) is 2.36. The topological polar surface area (TPSA) is 82.1 Å². The van der Waals surface area contributed by atoms with Crippen molar-refractivity contribution in [2.45, 2.75) is 25.5 Å². The summed E-state index contributed by atoms with van der Waals surface area (Å²) in [6, 6.07) is 3.01. The highest BCUT2D eigenvalue weighted by Gasteiger charge is 2.38. The molecular formula is C15H15ClO6. The number of hydrogen-bond donors (Lipinski definition) is 1. The number of rotatable bonds is 3. The van der Waals surface area contributed by atoms with Crippen LogP contribution in [0.1, 0.15) is 25.0 Å². The fraction of sp³-hybridized carbons (Fsp3) is 0.333. The number of esters is 2. The van der Waals surface area contributed by atoms with Gasteiger partial charge >= 0.3 is 11.9 Å². The van der Waals surface area contributed by atoms with Gasteiger partial charge in [0.2, 0.25) is 0 Å². The van der Waals surface area contributed by atoms with E-state index in [1.165, 1.54) is 39.2 Å². The van der Waals surface area contributed by atoms with E-state index in [9.17, 15) is 14.7 Å². The fourth-order valence-corrected chi connectivity index (χ4v) is 2.18. The van der Waals surface area contributed by atoms with Crippen LogP contribution in [0.2, 0.25) is 0 Å². The fourth-order valence-electron chi connectivity index (χ4n) is 1.98. The molecule has 2 rings (SSSR count). The second kappa shape index (κ2) is 5.88. The molecule has 1 heterocycles. The average molecular weight is 327 g/mol. The van der Waals surface area contributed by atoms with Gasteiger partial charge in [-0.1, -0.05) is 0 Å². The number of carbonyl (C=O) groups is 2. The zero-order valence-electron chi connectivity index (χ0n) is 12.3. The van der Waals surface area contributed by atoms with Gasteiger partial charge in [-0.15, -0.1) is 11.6 Å². The number of benzene rings is 1. The molecule has 1 aromatic rings. The van der Waals surface area contributed by atoms with Crippen molar-refractivity contribution < 1.29 is 28.9 Å². The van der Waals surface area contributed by atoms with Gasteiger partial charge in [-0.05, 0) is 23.8 Å². The van der Waals surface area contributed by atoms with Crippen LogP contribution < -0.4 is 4.74 Å². The molecule has 7 heteroatoms. The van der Waals surface area contributed by atoms with E-state index in [1.54, 1.807) is 0 Å². The Morgan fingerprint density at radius 1 is 1.27 bits per heavy atom. The number of aromatic hydroxyl groups is 1. The van der Waals surface area contributed by atoms with E-state index < -0.39 is 17.7 Å². The summed E-state index contributed by atoms with van der Waals surface area (Å²) in [6.45, 7) is 2.93. The van der Waals surface area contributed by atoms with Gasteiger partial charge < -0.3 is 19.3 Å². The van der Waals surface area contributed by atoms with Crippen molar-refractivity contribution in [1.29, 1.82) is 0 Å². The quantitative estimate of drug-likeness (QED) is 0.397. The Kier molecular flexibility index (Phi) is 4.32. The van der Waals surface area contributed by atoms with Gasteiger partial charge in [-0.2, -0.15) is 0 Å². The second-order valence-electron chi connectivity index (χ2n) is 5.10. The summed E-state index contributed by atoms with van der Waals surface area (Å²) in [7, 11) is 1.38. The number of alkyl halides is 1. The molecule has 6 nitrogen and oxygen atoms in total. The number of halogens is 1. The van der Waals surface area contributed by atoms with Crippen molar-refractivity contribution in [2.75, 3.05) is 7.11 Å². The Bertz CT molecular complexity index is 615. The third-order valence-corrected chi connectivity index (χ3v) is 3.26. The highest BCUT2D eigenvalue weighted by Crippen LogP contribution is 2.34. The summed E-state index contributed by atoms with van der Waals surface area (Å²) < 4.78 is 15.1. The minimum absolute atomic E-state index is 0.0428. The van der Waals surface area contributed by atoms with Crippen molar-refractivity contribution in [3.05, 3.63) is 28.8 Å². The standard InChI is InChI=1S/C15H15ClO6/c1-15(2)21-13(18)10(14(19)22-15)5-8-4-9(7-16)12(17)11(6-8)20-3/h4-6,17H,7H2,1-3H3. The highest BCUT2D eigenvalue weighted by molar-refractivity contribution is 6.19. The van der Waals surface area contributed by atoms with E-state index in [4.69, 9.17) is 25.8 Å². The van der Waals surface area contributed by atoms with Gasteiger partial charge in [0.15, 0.2) is 11.5 Å². The number of ether oxygens (including phenoxy) is 3. The van der Waals surface area contributed by atoms with Crippen molar-refractivity contribution in [3.63, 3.8) is 0 Å². The molecule has 0 amide bonds. The van der Waals surface area contributed by atoms with Crippen LogP contribution in [0.3, 0.4) is 0 Å². The van der Waals surface area contributed by atoms with Crippen LogP contribution >= 0.6 is 11.6 Å². The van der Waals surface area contributed by atoms with Crippen LogP contribution in [0, 0.1) is 0 Å². The van der Waals surface area contributed by atoms with Crippen LogP contribution in [0.5, 0.6) is 11.5 Å². The molecule has 1 N–H and O–H groups in total. The molecular weight excluding hydrogens is 312 g/mol.